The van der Waals surface area contributed by atoms with Crippen molar-refractivity contribution in [2.75, 3.05) is 19.7 Å². The van der Waals surface area contributed by atoms with Crippen LogP contribution in [0.4, 0.5) is 0 Å². The zero-order valence-electron chi connectivity index (χ0n) is 22.7. The standard InChI is InChI=1S/C33H37N3O3/c1-25(2)39-30-17-14-26(15-18-30)23-36(20-9-21-38-32-19-16-29(22-35-32)33(34)37)24-31(27-10-5-3-6-11-27)28-12-7-4-8-13-28/h3-8,10-19,22,25,31H,9,20-21,23-24H2,1-2H3,(H2,34,37). The van der Waals surface area contributed by atoms with E-state index in [1.165, 1.54) is 22.9 Å². The Balaban J connectivity index is 1.47. The van der Waals surface area contributed by atoms with Gasteiger partial charge in [0.15, 0.2) is 0 Å². The summed E-state index contributed by atoms with van der Waals surface area (Å²) in [6.45, 7) is 7.11. The molecule has 0 atom stereocenters. The zero-order chi connectivity index (χ0) is 27.5. The Morgan fingerprint density at radius 1 is 0.872 bits per heavy atom. The van der Waals surface area contributed by atoms with E-state index in [1.807, 2.05) is 26.0 Å². The minimum Gasteiger partial charge on any atom is -0.491 e. The molecule has 1 aromatic heterocycles. The predicted molar refractivity (Wildman–Crippen MR) is 155 cm³/mol. The third-order valence-corrected chi connectivity index (χ3v) is 6.44. The third-order valence-electron chi connectivity index (χ3n) is 6.44. The molecule has 0 saturated carbocycles. The van der Waals surface area contributed by atoms with Crippen molar-refractivity contribution in [3.63, 3.8) is 0 Å². The summed E-state index contributed by atoms with van der Waals surface area (Å²) in [7, 11) is 0. The normalized spacial score (nSPS) is 11.2. The molecule has 0 unspecified atom stereocenters. The van der Waals surface area contributed by atoms with Gasteiger partial charge >= 0.3 is 0 Å². The van der Waals surface area contributed by atoms with Gasteiger partial charge < -0.3 is 15.2 Å². The van der Waals surface area contributed by atoms with Gasteiger partial charge in [0.2, 0.25) is 11.8 Å². The summed E-state index contributed by atoms with van der Waals surface area (Å²) < 4.78 is 11.7. The molecule has 4 rings (SSSR count). The Morgan fingerprint density at radius 2 is 1.51 bits per heavy atom. The van der Waals surface area contributed by atoms with Crippen LogP contribution >= 0.6 is 0 Å². The number of carbonyl (C=O) groups excluding carboxylic acids is 1. The Kier molecular flexibility index (Phi) is 10.1. The third kappa shape index (κ3) is 8.69. The Bertz CT molecular complexity index is 1240. The van der Waals surface area contributed by atoms with Gasteiger partial charge in [-0.3, -0.25) is 9.69 Å². The van der Waals surface area contributed by atoms with Crippen molar-refractivity contribution in [3.8, 4) is 11.6 Å². The highest BCUT2D eigenvalue weighted by Gasteiger charge is 2.19. The van der Waals surface area contributed by atoms with Crippen LogP contribution in [0, 0.1) is 0 Å². The number of primary amides is 1. The minimum atomic E-state index is -0.500. The summed E-state index contributed by atoms with van der Waals surface area (Å²) in [6, 6.07) is 33.1. The second-order valence-corrected chi connectivity index (χ2v) is 9.87. The van der Waals surface area contributed by atoms with Crippen molar-refractivity contribution in [1.82, 2.24) is 9.88 Å². The number of benzene rings is 3. The van der Waals surface area contributed by atoms with E-state index < -0.39 is 5.91 Å². The molecule has 6 heteroatoms. The van der Waals surface area contributed by atoms with Crippen LogP contribution in [0.3, 0.4) is 0 Å². The summed E-state index contributed by atoms with van der Waals surface area (Å²) in [4.78, 5) is 18.0. The summed E-state index contributed by atoms with van der Waals surface area (Å²) in [5, 5.41) is 0. The van der Waals surface area contributed by atoms with E-state index in [1.54, 1.807) is 12.1 Å². The van der Waals surface area contributed by atoms with E-state index in [9.17, 15) is 4.79 Å². The van der Waals surface area contributed by atoms with Crippen LogP contribution in [0.5, 0.6) is 11.6 Å². The van der Waals surface area contributed by atoms with Crippen molar-refractivity contribution in [3.05, 3.63) is 126 Å². The zero-order valence-corrected chi connectivity index (χ0v) is 22.7. The molecule has 0 radical (unpaired) electrons. The molecule has 2 N–H and O–H groups in total. The Labute approximate surface area is 231 Å². The van der Waals surface area contributed by atoms with Crippen molar-refractivity contribution in [2.45, 2.75) is 38.8 Å². The first-order chi connectivity index (χ1) is 19.0. The van der Waals surface area contributed by atoms with Crippen LogP contribution < -0.4 is 15.2 Å². The van der Waals surface area contributed by atoms with Gasteiger partial charge in [-0.1, -0.05) is 72.8 Å². The Morgan fingerprint density at radius 3 is 2.05 bits per heavy atom. The first-order valence-electron chi connectivity index (χ1n) is 13.4. The molecule has 6 nitrogen and oxygen atoms in total. The molecule has 3 aromatic carbocycles. The van der Waals surface area contributed by atoms with Gasteiger partial charge in [-0.25, -0.2) is 4.98 Å². The van der Waals surface area contributed by atoms with Gasteiger partial charge in [0.25, 0.3) is 0 Å². The van der Waals surface area contributed by atoms with Crippen LogP contribution in [0.2, 0.25) is 0 Å². The minimum absolute atomic E-state index is 0.145. The number of aromatic nitrogens is 1. The fourth-order valence-corrected chi connectivity index (χ4v) is 4.55. The van der Waals surface area contributed by atoms with E-state index in [0.717, 1.165) is 31.8 Å². The lowest BCUT2D eigenvalue weighted by Crippen LogP contribution is -2.30. The van der Waals surface area contributed by atoms with Gasteiger partial charge in [0.05, 0.1) is 18.3 Å². The molecule has 4 aromatic rings. The highest BCUT2D eigenvalue weighted by atomic mass is 16.5. The fraction of sp³-hybridized carbons (Fsp3) is 0.273. The largest absolute Gasteiger partial charge is 0.491 e. The number of hydrogen-bond acceptors (Lipinski definition) is 5. The van der Waals surface area contributed by atoms with E-state index in [0.29, 0.717) is 18.1 Å². The van der Waals surface area contributed by atoms with Crippen molar-refractivity contribution in [1.29, 1.82) is 0 Å². The molecule has 0 aliphatic carbocycles. The van der Waals surface area contributed by atoms with Crippen molar-refractivity contribution < 1.29 is 14.3 Å². The quantitative estimate of drug-likeness (QED) is 0.203. The average Bonchev–Trinajstić information content (AvgIpc) is 2.95. The number of carbonyl (C=O) groups is 1. The van der Waals surface area contributed by atoms with Crippen LogP contribution in [-0.2, 0) is 6.54 Å². The maximum atomic E-state index is 11.3. The molecule has 39 heavy (non-hydrogen) atoms. The molecule has 0 bridgehead atoms. The SMILES string of the molecule is CC(C)Oc1ccc(CN(CCCOc2ccc(C(N)=O)cn2)CC(c2ccccc2)c2ccccc2)cc1. The molecule has 0 aliphatic rings. The lowest BCUT2D eigenvalue weighted by atomic mass is 9.90. The molecule has 0 fully saturated rings. The van der Waals surface area contributed by atoms with E-state index >= 15 is 0 Å². The molecule has 0 spiro atoms. The molecular formula is C33H37N3O3. The monoisotopic (exact) mass is 523 g/mol. The maximum Gasteiger partial charge on any atom is 0.250 e. The van der Waals surface area contributed by atoms with Crippen LogP contribution in [0.25, 0.3) is 0 Å². The summed E-state index contributed by atoms with van der Waals surface area (Å²) in [5.74, 6) is 1.11. The van der Waals surface area contributed by atoms with Crippen LogP contribution in [-0.4, -0.2) is 41.6 Å². The van der Waals surface area contributed by atoms with Gasteiger partial charge in [0.1, 0.15) is 5.75 Å². The topological polar surface area (TPSA) is 77.7 Å². The summed E-state index contributed by atoms with van der Waals surface area (Å²) in [6.07, 6.45) is 2.41. The fourth-order valence-electron chi connectivity index (χ4n) is 4.55. The van der Waals surface area contributed by atoms with Gasteiger partial charge in [-0.15, -0.1) is 0 Å². The van der Waals surface area contributed by atoms with Crippen molar-refractivity contribution >= 4 is 5.91 Å². The highest BCUT2D eigenvalue weighted by molar-refractivity contribution is 5.92. The number of pyridine rings is 1. The lowest BCUT2D eigenvalue weighted by Gasteiger charge is -2.28. The number of ether oxygens (including phenoxy) is 2. The molecule has 0 aliphatic heterocycles. The average molecular weight is 524 g/mol. The van der Waals surface area contributed by atoms with Gasteiger partial charge in [0, 0.05) is 37.8 Å². The van der Waals surface area contributed by atoms with E-state index in [2.05, 4.69) is 82.7 Å². The first-order valence-corrected chi connectivity index (χ1v) is 13.4. The highest BCUT2D eigenvalue weighted by Crippen LogP contribution is 2.27. The molecule has 202 valence electrons. The number of rotatable bonds is 14. The van der Waals surface area contributed by atoms with E-state index in [4.69, 9.17) is 15.2 Å². The summed E-state index contributed by atoms with van der Waals surface area (Å²) in [5.41, 5.74) is 9.49. The second kappa shape index (κ2) is 14.1. The van der Waals surface area contributed by atoms with Crippen LogP contribution in [0.1, 0.15) is 53.2 Å². The smallest absolute Gasteiger partial charge is 0.250 e. The maximum absolute atomic E-state index is 11.3. The number of nitrogens with two attached hydrogens (primary N) is 1. The molecule has 0 saturated heterocycles. The molecule has 1 amide bonds. The number of nitrogens with zero attached hydrogens (tertiary/aromatic N) is 2. The lowest BCUT2D eigenvalue weighted by molar-refractivity contribution is 0.1000. The van der Waals surface area contributed by atoms with Gasteiger partial charge in [-0.2, -0.15) is 0 Å². The number of hydrogen-bond donors (Lipinski definition) is 1. The van der Waals surface area contributed by atoms with Crippen LogP contribution in [0.15, 0.2) is 103 Å². The van der Waals surface area contributed by atoms with Crippen molar-refractivity contribution in [2.24, 2.45) is 5.73 Å². The Hall–Kier alpha value is -4.16. The first kappa shape index (κ1) is 27.9. The number of amides is 1. The predicted octanol–water partition coefficient (Wildman–Crippen LogP) is 6.07. The van der Waals surface area contributed by atoms with Gasteiger partial charge in [-0.05, 0) is 55.2 Å². The molecule has 1 heterocycles. The molecular weight excluding hydrogens is 486 g/mol. The summed E-state index contributed by atoms with van der Waals surface area (Å²) >= 11 is 0. The van der Waals surface area contributed by atoms with E-state index in [-0.39, 0.29) is 12.0 Å². The second-order valence-electron chi connectivity index (χ2n) is 9.87.